The van der Waals surface area contributed by atoms with Gasteiger partial charge < -0.3 is 20.3 Å². The number of benzene rings is 1. The number of nitriles is 1. The second-order valence-electron chi connectivity index (χ2n) is 4.86. The lowest BCUT2D eigenvalue weighted by Crippen LogP contribution is -2.23. The van der Waals surface area contributed by atoms with Gasteiger partial charge in [0.1, 0.15) is 11.5 Å². The second kappa shape index (κ2) is 5.83. The second-order valence-corrected chi connectivity index (χ2v) is 5.77. The highest BCUT2D eigenvalue weighted by Crippen LogP contribution is 2.43. The molecule has 1 unspecified atom stereocenters. The van der Waals surface area contributed by atoms with Crippen LogP contribution in [0, 0.1) is 11.3 Å². The summed E-state index contributed by atoms with van der Waals surface area (Å²) in [5.74, 6) is 0.392. The van der Waals surface area contributed by atoms with Crippen molar-refractivity contribution >= 4 is 21.8 Å². The van der Waals surface area contributed by atoms with E-state index in [0.29, 0.717) is 23.8 Å². The number of halogens is 1. The Kier molecular flexibility index (Phi) is 3.88. The van der Waals surface area contributed by atoms with Crippen molar-refractivity contribution in [1.29, 1.82) is 5.26 Å². The Morgan fingerprint density at radius 1 is 1.55 bits per heavy atom. The number of nitrogens with one attached hydrogen (secondary N) is 1. The molecule has 22 heavy (non-hydrogen) atoms. The van der Waals surface area contributed by atoms with Crippen LogP contribution in [0.4, 0.5) is 5.88 Å². The van der Waals surface area contributed by atoms with Gasteiger partial charge in [-0.15, -0.1) is 0 Å². The van der Waals surface area contributed by atoms with Gasteiger partial charge in [0.25, 0.3) is 0 Å². The Morgan fingerprint density at radius 2 is 2.36 bits per heavy atom. The summed E-state index contributed by atoms with van der Waals surface area (Å²) in [6.07, 6.45) is 0. The summed E-state index contributed by atoms with van der Waals surface area (Å²) in [6.45, 7) is 0.295. The summed E-state index contributed by atoms with van der Waals surface area (Å²) in [7, 11) is 1.58. The number of allylic oxidation sites excluding steroid dienone is 1. The number of rotatable bonds is 3. The first-order valence-electron chi connectivity index (χ1n) is 6.55. The summed E-state index contributed by atoms with van der Waals surface area (Å²) in [4.78, 5) is 0. The van der Waals surface area contributed by atoms with E-state index in [-0.39, 0.29) is 11.7 Å². The molecule has 3 rings (SSSR count). The molecule has 112 valence electrons. The van der Waals surface area contributed by atoms with Crippen LogP contribution in [0.1, 0.15) is 22.7 Å². The normalized spacial score (nSPS) is 16.9. The van der Waals surface area contributed by atoms with E-state index >= 15 is 0 Å². The molecule has 0 fully saturated rings. The van der Waals surface area contributed by atoms with Crippen molar-refractivity contribution in [2.45, 2.75) is 12.5 Å². The van der Waals surface area contributed by atoms with Gasteiger partial charge in [-0.2, -0.15) is 5.26 Å². The van der Waals surface area contributed by atoms with Crippen molar-refractivity contribution in [3.8, 4) is 6.07 Å². The van der Waals surface area contributed by atoms with Gasteiger partial charge in [-0.05, 0) is 17.7 Å². The maximum Gasteiger partial charge on any atom is 0.234 e. The van der Waals surface area contributed by atoms with E-state index in [2.05, 4.69) is 32.5 Å². The van der Waals surface area contributed by atoms with E-state index < -0.39 is 0 Å². The van der Waals surface area contributed by atoms with Crippen LogP contribution >= 0.6 is 15.9 Å². The zero-order chi connectivity index (χ0) is 15.7. The van der Waals surface area contributed by atoms with E-state index in [0.717, 1.165) is 15.6 Å². The van der Waals surface area contributed by atoms with Gasteiger partial charge in [0.05, 0.1) is 29.7 Å². The smallest absolute Gasteiger partial charge is 0.234 e. The molecule has 1 aromatic carbocycles. The maximum atomic E-state index is 9.52. The van der Waals surface area contributed by atoms with E-state index in [1.54, 1.807) is 7.11 Å². The van der Waals surface area contributed by atoms with Gasteiger partial charge in [0.2, 0.25) is 5.88 Å². The number of nitrogens with two attached hydrogens (primary N) is 1. The zero-order valence-electron chi connectivity index (χ0n) is 11.8. The van der Waals surface area contributed by atoms with Crippen molar-refractivity contribution < 1.29 is 9.26 Å². The third kappa shape index (κ3) is 2.36. The van der Waals surface area contributed by atoms with Crippen molar-refractivity contribution in [2.75, 3.05) is 12.4 Å². The lowest BCUT2D eigenvalue weighted by atomic mass is 9.83. The molecule has 2 aromatic rings. The minimum atomic E-state index is -0.338. The Balaban J connectivity index is 2.21. The Bertz CT molecular complexity index is 791. The van der Waals surface area contributed by atoms with Crippen LogP contribution in [-0.4, -0.2) is 12.3 Å². The molecule has 1 atom stereocenters. The Hall–Kier alpha value is -2.30. The van der Waals surface area contributed by atoms with Crippen LogP contribution in [-0.2, 0) is 11.3 Å². The molecule has 2 heterocycles. The Morgan fingerprint density at radius 3 is 3.05 bits per heavy atom. The quantitative estimate of drug-likeness (QED) is 0.873. The van der Waals surface area contributed by atoms with Gasteiger partial charge in [-0.25, -0.2) is 0 Å². The summed E-state index contributed by atoms with van der Waals surface area (Å²) in [6, 6.07) is 9.92. The standard InChI is InChI=1S/C15H13BrN4O2/c1-21-7-11-13-12(8-3-2-4-9(16)5-8)10(6-17)14(18)19-15(13)22-20-11/h2-5,12,19H,7,18H2,1H3. The van der Waals surface area contributed by atoms with Crippen LogP contribution < -0.4 is 11.1 Å². The molecule has 6 nitrogen and oxygen atoms in total. The van der Waals surface area contributed by atoms with Crippen LogP contribution in [0.2, 0.25) is 0 Å². The molecule has 0 aliphatic carbocycles. The molecule has 7 heteroatoms. The molecule has 0 saturated heterocycles. The molecule has 1 aliphatic heterocycles. The summed E-state index contributed by atoms with van der Waals surface area (Å²) in [5, 5.41) is 16.4. The first-order valence-corrected chi connectivity index (χ1v) is 7.34. The van der Waals surface area contributed by atoms with E-state index in [1.807, 2.05) is 24.3 Å². The number of hydrogen-bond acceptors (Lipinski definition) is 6. The number of fused-ring (bicyclic) bond motifs is 1. The van der Waals surface area contributed by atoms with Crippen LogP contribution in [0.25, 0.3) is 0 Å². The van der Waals surface area contributed by atoms with Gasteiger partial charge in [0, 0.05) is 11.6 Å². The van der Waals surface area contributed by atoms with Crippen LogP contribution in [0.3, 0.4) is 0 Å². The SMILES string of the molecule is COCc1noc2c1C(c1cccc(Br)c1)C(C#N)=C(N)N2. The Labute approximate surface area is 135 Å². The number of anilines is 1. The highest BCUT2D eigenvalue weighted by molar-refractivity contribution is 9.10. The fourth-order valence-corrected chi connectivity index (χ4v) is 3.01. The van der Waals surface area contributed by atoms with Crippen LogP contribution in [0.15, 0.2) is 44.7 Å². The largest absolute Gasteiger partial charge is 0.384 e. The third-order valence-electron chi connectivity index (χ3n) is 3.50. The van der Waals surface area contributed by atoms with E-state index in [1.165, 1.54) is 0 Å². The minimum Gasteiger partial charge on any atom is -0.384 e. The summed E-state index contributed by atoms with van der Waals surface area (Å²) < 4.78 is 11.4. The fraction of sp³-hybridized carbons (Fsp3) is 0.200. The van der Waals surface area contributed by atoms with Gasteiger partial charge >= 0.3 is 0 Å². The molecule has 0 amide bonds. The number of nitrogens with zero attached hydrogens (tertiary/aromatic N) is 2. The van der Waals surface area contributed by atoms with Crippen LogP contribution in [0.5, 0.6) is 0 Å². The average molecular weight is 361 g/mol. The van der Waals surface area contributed by atoms with Crippen molar-refractivity contribution in [3.05, 3.63) is 57.0 Å². The number of methoxy groups -OCH3 is 1. The third-order valence-corrected chi connectivity index (χ3v) is 4.00. The molecule has 1 aliphatic rings. The molecular weight excluding hydrogens is 348 g/mol. The molecule has 0 bridgehead atoms. The van der Waals surface area contributed by atoms with Gasteiger partial charge in [-0.3, -0.25) is 0 Å². The molecular formula is C15H13BrN4O2. The van der Waals surface area contributed by atoms with E-state index in [4.69, 9.17) is 15.0 Å². The topological polar surface area (TPSA) is 97.1 Å². The fourth-order valence-electron chi connectivity index (χ4n) is 2.59. The minimum absolute atomic E-state index is 0.278. The van der Waals surface area contributed by atoms with Crippen molar-refractivity contribution in [1.82, 2.24) is 5.16 Å². The molecule has 0 spiro atoms. The predicted octanol–water partition coefficient (Wildman–Crippen LogP) is 2.83. The van der Waals surface area contributed by atoms with Gasteiger partial charge in [0.15, 0.2) is 0 Å². The predicted molar refractivity (Wildman–Crippen MR) is 83.7 cm³/mol. The molecule has 3 N–H and O–H groups in total. The first kappa shape index (κ1) is 14.6. The molecule has 1 aromatic heterocycles. The number of ether oxygens (including phenoxy) is 1. The number of hydrogen-bond donors (Lipinski definition) is 2. The first-order chi connectivity index (χ1) is 10.7. The summed E-state index contributed by atoms with van der Waals surface area (Å²) in [5.41, 5.74) is 8.76. The average Bonchev–Trinajstić information content (AvgIpc) is 2.88. The molecule has 0 radical (unpaired) electrons. The molecule has 0 saturated carbocycles. The highest BCUT2D eigenvalue weighted by atomic mass is 79.9. The van der Waals surface area contributed by atoms with Crippen molar-refractivity contribution in [2.24, 2.45) is 5.73 Å². The zero-order valence-corrected chi connectivity index (χ0v) is 13.3. The maximum absolute atomic E-state index is 9.52. The van der Waals surface area contributed by atoms with Crippen molar-refractivity contribution in [3.63, 3.8) is 0 Å². The van der Waals surface area contributed by atoms with E-state index in [9.17, 15) is 5.26 Å². The monoisotopic (exact) mass is 360 g/mol. The lowest BCUT2D eigenvalue weighted by Gasteiger charge is -2.24. The summed E-state index contributed by atoms with van der Waals surface area (Å²) >= 11 is 3.46. The van der Waals surface area contributed by atoms with Gasteiger partial charge in [-0.1, -0.05) is 33.2 Å². The lowest BCUT2D eigenvalue weighted by molar-refractivity contribution is 0.177. The number of aromatic nitrogens is 1. The highest BCUT2D eigenvalue weighted by Gasteiger charge is 2.34.